The Kier molecular flexibility index (Phi) is 6.64. The summed E-state index contributed by atoms with van der Waals surface area (Å²) < 4.78 is 11.8. The van der Waals surface area contributed by atoms with Gasteiger partial charge >= 0.3 is 0 Å². The van der Waals surface area contributed by atoms with E-state index in [4.69, 9.17) is 9.47 Å². The van der Waals surface area contributed by atoms with Crippen LogP contribution in [0, 0.1) is 6.92 Å². The van der Waals surface area contributed by atoms with Crippen LogP contribution in [0.1, 0.15) is 18.2 Å². The largest absolute Gasteiger partial charge is 0.487 e. The normalized spacial score (nSPS) is 11.6. The molecule has 2 heterocycles. The van der Waals surface area contributed by atoms with Crippen molar-refractivity contribution in [2.75, 3.05) is 12.4 Å². The summed E-state index contributed by atoms with van der Waals surface area (Å²) in [5.74, 6) is 1.68. The minimum absolute atomic E-state index is 0.213. The molecule has 4 aromatic rings. The summed E-state index contributed by atoms with van der Waals surface area (Å²) in [7, 11) is 1.58. The van der Waals surface area contributed by atoms with Gasteiger partial charge in [-0.15, -0.1) is 0 Å². The van der Waals surface area contributed by atoms with Gasteiger partial charge in [0.2, 0.25) is 0 Å². The number of nitrogens with one attached hydrogen (secondary N) is 2. The molecule has 168 valence electrons. The average Bonchev–Trinajstić information content (AvgIpc) is 2.84. The van der Waals surface area contributed by atoms with E-state index in [1.807, 2.05) is 55.5 Å². The zero-order valence-electron chi connectivity index (χ0n) is 18.7. The van der Waals surface area contributed by atoms with Crippen LogP contribution >= 0.6 is 0 Å². The van der Waals surface area contributed by atoms with Crippen molar-refractivity contribution in [2.24, 2.45) is 0 Å². The first kappa shape index (κ1) is 22.0. The Hall–Kier alpha value is -4.20. The molecular weight excluding hydrogens is 418 g/mol. The number of nitrogens with zero attached hydrogens (tertiary/aromatic N) is 3. The fourth-order valence-electron chi connectivity index (χ4n) is 3.38. The molecular formula is C25H25N5O3. The number of fused-ring (bicyclic) bond motifs is 1. The van der Waals surface area contributed by atoms with Crippen molar-refractivity contribution in [3.8, 4) is 11.5 Å². The predicted octanol–water partition coefficient (Wildman–Crippen LogP) is 4.17. The number of amides is 1. The molecule has 0 aliphatic rings. The third kappa shape index (κ3) is 5.17. The van der Waals surface area contributed by atoms with Crippen LogP contribution in [0.25, 0.3) is 10.9 Å². The molecule has 8 heteroatoms. The molecule has 0 fully saturated rings. The number of pyridine rings is 1. The van der Waals surface area contributed by atoms with Crippen LogP contribution in [0.2, 0.25) is 0 Å². The Morgan fingerprint density at radius 3 is 2.67 bits per heavy atom. The van der Waals surface area contributed by atoms with Gasteiger partial charge in [0.15, 0.2) is 6.10 Å². The highest BCUT2D eigenvalue weighted by molar-refractivity contribution is 5.96. The van der Waals surface area contributed by atoms with E-state index in [1.165, 1.54) is 6.33 Å². The summed E-state index contributed by atoms with van der Waals surface area (Å²) in [4.78, 5) is 25.0. The third-order valence-electron chi connectivity index (χ3n) is 5.08. The second kappa shape index (κ2) is 9.95. The van der Waals surface area contributed by atoms with Crippen LogP contribution in [0.15, 0.2) is 67.1 Å². The van der Waals surface area contributed by atoms with Crippen molar-refractivity contribution < 1.29 is 14.3 Å². The Bertz CT molecular complexity index is 1260. The predicted molar refractivity (Wildman–Crippen MR) is 127 cm³/mol. The van der Waals surface area contributed by atoms with Crippen molar-refractivity contribution in [3.63, 3.8) is 0 Å². The van der Waals surface area contributed by atoms with E-state index >= 15 is 0 Å². The lowest BCUT2D eigenvalue weighted by Gasteiger charge is -2.17. The van der Waals surface area contributed by atoms with Gasteiger partial charge in [0.05, 0.1) is 16.6 Å². The molecule has 0 aliphatic carbocycles. The van der Waals surface area contributed by atoms with Crippen molar-refractivity contribution in [1.82, 2.24) is 20.3 Å². The van der Waals surface area contributed by atoms with Gasteiger partial charge in [-0.1, -0.05) is 12.1 Å². The number of aromatic nitrogens is 3. The maximum absolute atomic E-state index is 11.9. The summed E-state index contributed by atoms with van der Waals surface area (Å²) in [5, 5.41) is 6.64. The molecule has 33 heavy (non-hydrogen) atoms. The molecule has 1 atom stereocenters. The quantitative estimate of drug-likeness (QED) is 0.422. The van der Waals surface area contributed by atoms with E-state index < -0.39 is 6.10 Å². The third-order valence-corrected chi connectivity index (χ3v) is 5.08. The summed E-state index contributed by atoms with van der Waals surface area (Å²) in [5.41, 5.74) is 3.39. The van der Waals surface area contributed by atoms with Gasteiger partial charge in [0.25, 0.3) is 5.91 Å². The van der Waals surface area contributed by atoms with Gasteiger partial charge in [-0.2, -0.15) is 0 Å². The number of likely N-dealkylation sites (N-methyl/N-ethyl adjacent to an activating group) is 1. The van der Waals surface area contributed by atoms with Crippen molar-refractivity contribution in [3.05, 3.63) is 78.4 Å². The van der Waals surface area contributed by atoms with E-state index in [9.17, 15) is 4.79 Å². The van der Waals surface area contributed by atoms with Crippen LogP contribution in [-0.4, -0.2) is 34.0 Å². The van der Waals surface area contributed by atoms with Crippen LogP contribution in [0.3, 0.4) is 0 Å². The highest BCUT2D eigenvalue weighted by Crippen LogP contribution is 2.33. The van der Waals surface area contributed by atoms with Gasteiger partial charge < -0.3 is 20.1 Å². The second-order valence-corrected chi connectivity index (χ2v) is 7.46. The lowest BCUT2D eigenvalue weighted by molar-refractivity contribution is -0.126. The molecule has 0 saturated heterocycles. The smallest absolute Gasteiger partial charge is 0.260 e. The van der Waals surface area contributed by atoms with E-state index in [-0.39, 0.29) is 5.91 Å². The fraction of sp³-hybridized carbons (Fsp3) is 0.200. The number of hydrogen-bond donors (Lipinski definition) is 2. The minimum Gasteiger partial charge on any atom is -0.487 e. The van der Waals surface area contributed by atoms with Gasteiger partial charge in [0, 0.05) is 18.9 Å². The van der Waals surface area contributed by atoms with Crippen molar-refractivity contribution >= 4 is 28.3 Å². The van der Waals surface area contributed by atoms with Crippen LogP contribution in [0.4, 0.5) is 11.5 Å². The molecule has 0 radical (unpaired) electrons. The first-order valence-corrected chi connectivity index (χ1v) is 10.6. The number of benzene rings is 2. The van der Waals surface area contributed by atoms with E-state index in [2.05, 4.69) is 25.6 Å². The summed E-state index contributed by atoms with van der Waals surface area (Å²) >= 11 is 0. The number of anilines is 2. The molecule has 2 N–H and O–H groups in total. The molecule has 2 aromatic carbocycles. The van der Waals surface area contributed by atoms with Crippen molar-refractivity contribution in [1.29, 1.82) is 0 Å². The lowest BCUT2D eigenvalue weighted by atomic mass is 10.1. The van der Waals surface area contributed by atoms with Gasteiger partial charge in [-0.05, 0) is 61.9 Å². The zero-order valence-corrected chi connectivity index (χ0v) is 18.7. The van der Waals surface area contributed by atoms with E-state index in [1.54, 1.807) is 26.2 Å². The molecule has 8 nitrogen and oxygen atoms in total. The average molecular weight is 444 g/mol. The molecule has 0 bridgehead atoms. The van der Waals surface area contributed by atoms with Gasteiger partial charge in [-0.25, -0.2) is 9.97 Å². The van der Waals surface area contributed by atoms with Crippen molar-refractivity contribution in [2.45, 2.75) is 26.6 Å². The maximum Gasteiger partial charge on any atom is 0.260 e. The summed E-state index contributed by atoms with van der Waals surface area (Å²) in [6.45, 7) is 4.08. The molecule has 4 rings (SSSR count). The number of hydrogen-bond acceptors (Lipinski definition) is 7. The highest BCUT2D eigenvalue weighted by atomic mass is 16.5. The van der Waals surface area contributed by atoms with Crippen LogP contribution < -0.4 is 20.1 Å². The molecule has 1 amide bonds. The maximum atomic E-state index is 11.9. The topological polar surface area (TPSA) is 98.3 Å². The Balaban J connectivity index is 1.57. The van der Waals surface area contributed by atoms with E-state index in [0.29, 0.717) is 29.1 Å². The van der Waals surface area contributed by atoms with Crippen LogP contribution in [0.5, 0.6) is 11.5 Å². The number of ether oxygens (including phenoxy) is 2. The fourth-order valence-corrected chi connectivity index (χ4v) is 3.38. The molecule has 2 aromatic heterocycles. The molecule has 0 spiro atoms. The monoisotopic (exact) mass is 443 g/mol. The Labute approximate surface area is 192 Å². The van der Waals surface area contributed by atoms with Crippen LogP contribution in [-0.2, 0) is 11.4 Å². The highest BCUT2D eigenvalue weighted by Gasteiger charge is 2.17. The SMILES string of the molecule is CNC(=O)[C@@H](C)Oc1cccc2ncnc(Nc3ccc(OCc4ccccn4)c(C)c3)c12. The standard InChI is InChI=1S/C25H25N5O3/c1-16-13-18(10-11-21(16)32-14-19-7-4-5-12-27-19)30-24-23-20(28-15-29-24)8-6-9-22(23)33-17(2)25(31)26-3/h4-13,15,17H,14H2,1-3H3,(H,26,31)(H,28,29,30)/t17-/m1/s1. The first-order valence-electron chi connectivity index (χ1n) is 10.6. The van der Waals surface area contributed by atoms with E-state index in [0.717, 1.165) is 22.7 Å². The molecule has 0 aliphatic heterocycles. The first-order chi connectivity index (χ1) is 16.0. The zero-order chi connectivity index (χ0) is 23.2. The summed E-state index contributed by atoms with van der Waals surface area (Å²) in [6, 6.07) is 17.1. The second-order valence-electron chi connectivity index (χ2n) is 7.46. The number of aryl methyl sites for hydroxylation is 1. The number of carbonyl (C=O) groups excluding carboxylic acids is 1. The Morgan fingerprint density at radius 1 is 1.03 bits per heavy atom. The van der Waals surface area contributed by atoms with Gasteiger partial charge in [0.1, 0.15) is 30.3 Å². The molecule has 0 unspecified atom stereocenters. The molecule has 0 saturated carbocycles. The number of carbonyl (C=O) groups is 1. The minimum atomic E-state index is -0.661. The number of rotatable bonds is 8. The Morgan fingerprint density at radius 2 is 1.91 bits per heavy atom. The lowest BCUT2D eigenvalue weighted by Crippen LogP contribution is -2.33. The summed E-state index contributed by atoms with van der Waals surface area (Å²) in [6.07, 6.45) is 2.58. The van der Waals surface area contributed by atoms with Gasteiger partial charge in [-0.3, -0.25) is 9.78 Å².